The van der Waals surface area contributed by atoms with Crippen LogP contribution in [-0.4, -0.2) is 73.7 Å². The molecule has 5 rings (SSSR count). The molecular weight excluding hydrogens is 460 g/mol. The second kappa shape index (κ2) is 9.81. The van der Waals surface area contributed by atoms with Crippen molar-refractivity contribution < 1.29 is 28.7 Å². The van der Waals surface area contributed by atoms with E-state index in [-0.39, 0.29) is 36.6 Å². The zero-order valence-electron chi connectivity index (χ0n) is 20.4. The molecule has 3 heterocycles. The van der Waals surface area contributed by atoms with E-state index in [0.29, 0.717) is 37.5 Å². The largest absolute Gasteiger partial charge is 0.489 e. The van der Waals surface area contributed by atoms with E-state index in [9.17, 15) is 19.2 Å². The van der Waals surface area contributed by atoms with Crippen molar-refractivity contribution >= 4 is 39.3 Å². The summed E-state index contributed by atoms with van der Waals surface area (Å²) in [7, 11) is 3.76. The Hall–Kier alpha value is -3.59. The topological polar surface area (TPSA) is 105 Å². The molecule has 0 spiro atoms. The summed E-state index contributed by atoms with van der Waals surface area (Å²) in [6.45, 7) is 1.63. The van der Waals surface area contributed by atoms with Gasteiger partial charge >= 0.3 is 0 Å². The molecule has 0 saturated carbocycles. The van der Waals surface area contributed by atoms with Crippen LogP contribution in [0.4, 0.5) is 0 Å². The Morgan fingerprint density at radius 2 is 1.78 bits per heavy atom. The fourth-order valence-corrected chi connectivity index (χ4v) is 4.92. The van der Waals surface area contributed by atoms with Gasteiger partial charge < -0.3 is 19.3 Å². The van der Waals surface area contributed by atoms with Gasteiger partial charge in [0.1, 0.15) is 32.2 Å². The van der Waals surface area contributed by atoms with Crippen LogP contribution in [0.25, 0.3) is 0 Å². The minimum absolute atomic E-state index is 0.00000815. The Morgan fingerprint density at radius 3 is 2.53 bits per heavy atom. The molecule has 4 amide bonds. The van der Waals surface area contributed by atoms with Crippen molar-refractivity contribution in [2.75, 3.05) is 6.61 Å². The van der Waals surface area contributed by atoms with Crippen molar-refractivity contribution in [1.82, 2.24) is 15.1 Å². The SMILES string of the molecule is BC1OCC(B)N(Cc2ccc(COc3cccc4c3CN(C3CCC(=O)NC3=O)C4=O)cc2)C1=O. The first-order valence-electron chi connectivity index (χ1n) is 12.2. The molecule has 0 aliphatic carbocycles. The molecule has 11 heteroatoms. The van der Waals surface area contributed by atoms with Crippen molar-refractivity contribution in [3.05, 3.63) is 64.7 Å². The highest BCUT2D eigenvalue weighted by Crippen LogP contribution is 2.34. The maximum Gasteiger partial charge on any atom is 0.255 e. The lowest BCUT2D eigenvalue weighted by Gasteiger charge is -2.37. The minimum Gasteiger partial charge on any atom is -0.489 e. The van der Waals surface area contributed by atoms with Crippen LogP contribution in [0.15, 0.2) is 42.5 Å². The van der Waals surface area contributed by atoms with Gasteiger partial charge in [0, 0.05) is 30.0 Å². The molecule has 9 nitrogen and oxygen atoms in total. The maximum atomic E-state index is 13.0. The number of nitrogens with zero attached hydrogens (tertiary/aromatic N) is 2. The summed E-state index contributed by atoms with van der Waals surface area (Å²) in [5, 5.41) is 2.32. The first-order valence-corrected chi connectivity index (χ1v) is 12.2. The molecule has 3 atom stereocenters. The molecule has 2 aromatic carbocycles. The van der Waals surface area contributed by atoms with Crippen LogP contribution in [0.2, 0.25) is 0 Å². The standard InChI is InChI=1S/C25H27B2N3O6/c26-20-13-36-22(27)25(34)30(20)10-14-4-6-15(7-5-14)12-35-19-3-1-2-16-17(19)11-29(24(16)33)18-8-9-21(31)28-23(18)32/h1-7,18,20,22H,8-13,26-27H2,(H,28,31,32). The quantitative estimate of drug-likeness (QED) is 0.427. The second-order valence-electron chi connectivity index (χ2n) is 9.58. The number of ether oxygens (including phenoxy) is 2. The number of benzene rings is 2. The first kappa shape index (κ1) is 24.1. The van der Waals surface area contributed by atoms with E-state index < -0.39 is 18.0 Å². The number of rotatable bonds is 6. The van der Waals surface area contributed by atoms with Crippen molar-refractivity contribution in [3.63, 3.8) is 0 Å². The van der Waals surface area contributed by atoms with Crippen LogP contribution >= 0.6 is 0 Å². The summed E-state index contributed by atoms with van der Waals surface area (Å²) in [5.74, 6) is -0.343. The number of carbonyl (C=O) groups excluding carboxylic acids is 4. The average molecular weight is 487 g/mol. The summed E-state index contributed by atoms with van der Waals surface area (Å²) < 4.78 is 11.6. The van der Waals surface area contributed by atoms with E-state index in [1.807, 2.05) is 43.1 Å². The van der Waals surface area contributed by atoms with Crippen LogP contribution in [0.1, 0.15) is 39.9 Å². The Labute approximate surface area is 210 Å². The molecule has 2 saturated heterocycles. The predicted molar refractivity (Wildman–Crippen MR) is 134 cm³/mol. The Morgan fingerprint density at radius 1 is 1.03 bits per heavy atom. The number of fused-ring (bicyclic) bond motifs is 1. The zero-order chi connectivity index (χ0) is 25.4. The van der Waals surface area contributed by atoms with Gasteiger partial charge in [0.2, 0.25) is 17.7 Å². The van der Waals surface area contributed by atoms with E-state index in [2.05, 4.69) is 5.32 Å². The number of morpholine rings is 1. The van der Waals surface area contributed by atoms with Crippen molar-refractivity contribution in [3.8, 4) is 5.75 Å². The van der Waals surface area contributed by atoms with E-state index in [1.54, 1.807) is 20.0 Å². The number of hydrogen-bond acceptors (Lipinski definition) is 6. The van der Waals surface area contributed by atoms with Crippen molar-refractivity contribution in [2.24, 2.45) is 0 Å². The number of piperidine rings is 1. The Bertz CT molecular complexity index is 1220. The number of nitrogens with one attached hydrogen (secondary N) is 1. The lowest BCUT2D eigenvalue weighted by Crippen LogP contribution is -2.53. The molecular formula is C25H27B2N3O6. The van der Waals surface area contributed by atoms with Crippen molar-refractivity contribution in [2.45, 2.75) is 50.5 Å². The van der Waals surface area contributed by atoms with Crippen LogP contribution in [0.5, 0.6) is 5.75 Å². The van der Waals surface area contributed by atoms with Gasteiger partial charge in [0.25, 0.3) is 5.91 Å². The fourth-order valence-electron chi connectivity index (χ4n) is 4.92. The zero-order valence-corrected chi connectivity index (χ0v) is 20.4. The van der Waals surface area contributed by atoms with E-state index in [4.69, 9.17) is 9.47 Å². The molecule has 36 heavy (non-hydrogen) atoms. The highest BCUT2D eigenvalue weighted by Gasteiger charge is 2.40. The van der Waals surface area contributed by atoms with Crippen LogP contribution in [0.3, 0.4) is 0 Å². The molecule has 0 radical (unpaired) electrons. The van der Waals surface area contributed by atoms with Gasteiger partial charge in [-0.1, -0.05) is 30.3 Å². The van der Waals surface area contributed by atoms with Crippen LogP contribution in [0, 0.1) is 0 Å². The van der Waals surface area contributed by atoms with Gasteiger partial charge in [-0.15, -0.1) is 0 Å². The molecule has 1 N–H and O–H groups in total. The van der Waals surface area contributed by atoms with Gasteiger partial charge in [0.15, 0.2) is 7.85 Å². The third-order valence-corrected chi connectivity index (χ3v) is 7.06. The lowest BCUT2D eigenvalue weighted by molar-refractivity contribution is -0.149. The first-order chi connectivity index (χ1) is 17.3. The summed E-state index contributed by atoms with van der Waals surface area (Å²) in [6, 6.07) is 12.2. The van der Waals surface area contributed by atoms with Crippen LogP contribution < -0.4 is 10.1 Å². The highest BCUT2D eigenvalue weighted by molar-refractivity contribution is 6.24. The lowest BCUT2D eigenvalue weighted by atomic mass is 9.88. The normalized spacial score (nSPS) is 24.1. The Kier molecular flexibility index (Phi) is 6.57. The molecule has 3 aliphatic rings. The summed E-state index contributed by atoms with van der Waals surface area (Å²) in [4.78, 5) is 52.6. The molecule has 2 fully saturated rings. The minimum atomic E-state index is -0.660. The third kappa shape index (κ3) is 4.63. The van der Waals surface area contributed by atoms with E-state index in [1.165, 1.54) is 4.90 Å². The summed E-state index contributed by atoms with van der Waals surface area (Å²) in [6.07, 6.45) is 0.536. The van der Waals surface area contributed by atoms with Gasteiger partial charge in [-0.2, -0.15) is 0 Å². The van der Waals surface area contributed by atoms with Gasteiger partial charge in [-0.3, -0.25) is 24.5 Å². The van der Waals surface area contributed by atoms with E-state index in [0.717, 1.165) is 16.7 Å². The maximum absolute atomic E-state index is 13.0. The molecule has 184 valence electrons. The molecule has 0 aromatic heterocycles. The average Bonchev–Trinajstić information content (AvgIpc) is 3.20. The molecule has 3 aliphatic heterocycles. The van der Waals surface area contributed by atoms with Gasteiger partial charge in [0.05, 0.1) is 13.2 Å². The Balaban J connectivity index is 1.23. The molecule has 3 unspecified atom stereocenters. The van der Waals surface area contributed by atoms with Gasteiger partial charge in [-0.25, -0.2) is 0 Å². The fraction of sp³-hybridized carbons (Fsp3) is 0.360. The van der Waals surface area contributed by atoms with Crippen LogP contribution in [-0.2, 0) is 38.8 Å². The summed E-state index contributed by atoms with van der Waals surface area (Å²) >= 11 is 0. The van der Waals surface area contributed by atoms with E-state index >= 15 is 0 Å². The van der Waals surface area contributed by atoms with Gasteiger partial charge in [-0.05, 0) is 29.7 Å². The number of hydrogen-bond donors (Lipinski definition) is 1. The van der Waals surface area contributed by atoms with Crippen molar-refractivity contribution in [1.29, 1.82) is 0 Å². The third-order valence-electron chi connectivity index (χ3n) is 7.06. The molecule has 2 aromatic rings. The number of carbonyl (C=O) groups is 4. The predicted octanol–water partition coefficient (Wildman–Crippen LogP) is -0.696. The summed E-state index contributed by atoms with van der Waals surface area (Å²) in [5.41, 5.74) is 3.25. The number of imide groups is 1. The monoisotopic (exact) mass is 487 g/mol. The highest BCUT2D eigenvalue weighted by atomic mass is 16.5. The number of amides is 4. The molecule has 0 bridgehead atoms. The second-order valence-corrected chi connectivity index (χ2v) is 9.58. The smallest absolute Gasteiger partial charge is 0.255 e.